The molecule has 2 heterocycles. The number of hydrogen-bond donors (Lipinski definition) is 1. The number of aromatic nitrogens is 1. The van der Waals surface area contributed by atoms with E-state index in [0.29, 0.717) is 13.0 Å². The van der Waals surface area contributed by atoms with Crippen LogP contribution in [-0.2, 0) is 17.7 Å². The lowest BCUT2D eigenvalue weighted by Gasteiger charge is -2.26. The van der Waals surface area contributed by atoms with Gasteiger partial charge in [-0.2, -0.15) is 0 Å². The molecule has 2 unspecified atom stereocenters. The number of hydrogen-bond acceptors (Lipinski definition) is 2. The fourth-order valence-corrected chi connectivity index (χ4v) is 3.96. The molecule has 0 saturated carbocycles. The third-order valence-corrected chi connectivity index (χ3v) is 5.34. The van der Waals surface area contributed by atoms with E-state index in [1.807, 2.05) is 0 Å². The van der Waals surface area contributed by atoms with Crippen molar-refractivity contribution in [3.05, 3.63) is 71.4 Å². The maximum atomic E-state index is 10.0. The third kappa shape index (κ3) is 3.55. The maximum Gasteiger partial charge on any atom is 0.0870 e. The smallest absolute Gasteiger partial charge is 0.0870 e. The summed E-state index contributed by atoms with van der Waals surface area (Å²) in [6, 6.07) is 17.5. The Morgan fingerprint density at radius 2 is 1.85 bits per heavy atom. The summed E-state index contributed by atoms with van der Waals surface area (Å²) in [6.07, 6.45) is 5.67. The van der Waals surface area contributed by atoms with Crippen LogP contribution in [0.4, 0.5) is 0 Å². The van der Waals surface area contributed by atoms with Gasteiger partial charge in [0.25, 0.3) is 0 Å². The standard InChI is InChI=1S/C23H27NO2/c1-2-5-17-8-10-18(11-9-17)15-24-16-21(20-6-3-4-7-22(20)24)23-14-19(25)12-13-26-23/h3-4,6-11,16,19,23,25H,2,5,12-15H2,1H3. The highest BCUT2D eigenvalue weighted by Crippen LogP contribution is 2.34. The van der Waals surface area contributed by atoms with E-state index in [0.717, 1.165) is 19.4 Å². The number of nitrogens with zero attached hydrogens (tertiary/aromatic N) is 1. The van der Waals surface area contributed by atoms with Crippen molar-refractivity contribution >= 4 is 10.9 Å². The van der Waals surface area contributed by atoms with Crippen molar-refractivity contribution in [2.75, 3.05) is 6.61 Å². The van der Waals surface area contributed by atoms with Crippen LogP contribution in [0.25, 0.3) is 10.9 Å². The highest BCUT2D eigenvalue weighted by atomic mass is 16.5. The zero-order valence-corrected chi connectivity index (χ0v) is 15.4. The van der Waals surface area contributed by atoms with Gasteiger partial charge in [-0.15, -0.1) is 0 Å². The van der Waals surface area contributed by atoms with Gasteiger partial charge in [0.15, 0.2) is 0 Å². The quantitative estimate of drug-likeness (QED) is 0.714. The van der Waals surface area contributed by atoms with E-state index >= 15 is 0 Å². The minimum Gasteiger partial charge on any atom is -0.393 e. The van der Waals surface area contributed by atoms with Gasteiger partial charge in [0.1, 0.15) is 0 Å². The largest absolute Gasteiger partial charge is 0.393 e. The molecule has 0 spiro atoms. The molecule has 26 heavy (non-hydrogen) atoms. The van der Waals surface area contributed by atoms with Gasteiger partial charge in [0, 0.05) is 42.2 Å². The SMILES string of the molecule is CCCc1ccc(Cn2cc(C3CC(O)CCO3)c3ccccc32)cc1. The van der Waals surface area contributed by atoms with Crippen LogP contribution in [0.5, 0.6) is 0 Å². The van der Waals surface area contributed by atoms with E-state index in [4.69, 9.17) is 4.74 Å². The zero-order valence-electron chi connectivity index (χ0n) is 15.4. The van der Waals surface area contributed by atoms with E-state index in [2.05, 4.69) is 66.2 Å². The second-order valence-corrected chi connectivity index (χ2v) is 7.33. The number of benzene rings is 2. The molecule has 3 heteroatoms. The summed E-state index contributed by atoms with van der Waals surface area (Å²) < 4.78 is 8.28. The minimum absolute atomic E-state index is 0.0168. The van der Waals surface area contributed by atoms with Crippen LogP contribution in [0.3, 0.4) is 0 Å². The molecule has 1 fully saturated rings. The Morgan fingerprint density at radius 3 is 2.62 bits per heavy atom. The average molecular weight is 349 g/mol. The molecule has 136 valence electrons. The van der Waals surface area contributed by atoms with Crippen molar-refractivity contribution in [2.24, 2.45) is 0 Å². The summed E-state index contributed by atoms with van der Waals surface area (Å²) in [5.74, 6) is 0. The molecule has 1 aromatic heterocycles. The topological polar surface area (TPSA) is 34.4 Å². The average Bonchev–Trinajstić information content (AvgIpc) is 3.02. The summed E-state index contributed by atoms with van der Waals surface area (Å²) >= 11 is 0. The Balaban J connectivity index is 1.65. The van der Waals surface area contributed by atoms with Gasteiger partial charge >= 0.3 is 0 Å². The van der Waals surface area contributed by atoms with Crippen LogP contribution in [0.1, 0.15) is 49.0 Å². The van der Waals surface area contributed by atoms with Crippen molar-refractivity contribution in [1.29, 1.82) is 0 Å². The van der Waals surface area contributed by atoms with Crippen molar-refractivity contribution < 1.29 is 9.84 Å². The van der Waals surface area contributed by atoms with Gasteiger partial charge in [-0.3, -0.25) is 0 Å². The van der Waals surface area contributed by atoms with Crippen LogP contribution in [0.2, 0.25) is 0 Å². The highest BCUT2D eigenvalue weighted by Gasteiger charge is 2.25. The summed E-state index contributed by atoms with van der Waals surface area (Å²) in [4.78, 5) is 0. The van der Waals surface area contributed by atoms with E-state index in [-0.39, 0.29) is 12.2 Å². The molecular weight excluding hydrogens is 322 g/mol. The first-order valence-electron chi connectivity index (χ1n) is 9.70. The molecule has 0 radical (unpaired) electrons. The van der Waals surface area contributed by atoms with Crippen LogP contribution in [0.15, 0.2) is 54.7 Å². The van der Waals surface area contributed by atoms with Gasteiger partial charge in [-0.1, -0.05) is 55.8 Å². The van der Waals surface area contributed by atoms with E-state index in [1.54, 1.807) is 0 Å². The number of aliphatic hydroxyl groups excluding tert-OH is 1. The van der Waals surface area contributed by atoms with Crippen LogP contribution < -0.4 is 0 Å². The number of para-hydroxylation sites is 1. The summed E-state index contributed by atoms with van der Waals surface area (Å²) in [5.41, 5.74) is 5.13. The molecule has 1 aliphatic rings. The van der Waals surface area contributed by atoms with Crippen LogP contribution >= 0.6 is 0 Å². The second-order valence-electron chi connectivity index (χ2n) is 7.33. The summed E-state index contributed by atoms with van der Waals surface area (Å²) in [5, 5.41) is 11.3. The van der Waals surface area contributed by atoms with E-state index in [1.165, 1.54) is 34.0 Å². The van der Waals surface area contributed by atoms with Crippen molar-refractivity contribution in [3.8, 4) is 0 Å². The van der Waals surface area contributed by atoms with Crippen LogP contribution in [0, 0.1) is 0 Å². The van der Waals surface area contributed by atoms with Gasteiger partial charge < -0.3 is 14.4 Å². The van der Waals surface area contributed by atoms with E-state index in [9.17, 15) is 5.11 Å². The normalized spacial score (nSPS) is 20.5. The third-order valence-electron chi connectivity index (χ3n) is 5.34. The van der Waals surface area contributed by atoms with Gasteiger partial charge in [0.05, 0.1) is 12.2 Å². The van der Waals surface area contributed by atoms with Gasteiger partial charge in [-0.25, -0.2) is 0 Å². The molecule has 3 nitrogen and oxygen atoms in total. The van der Waals surface area contributed by atoms with Gasteiger partial charge in [0.2, 0.25) is 0 Å². The first-order chi connectivity index (χ1) is 12.7. The fourth-order valence-electron chi connectivity index (χ4n) is 3.96. The first kappa shape index (κ1) is 17.3. The number of aryl methyl sites for hydroxylation is 1. The Labute approximate surface area is 155 Å². The molecule has 0 aliphatic carbocycles. The fraction of sp³-hybridized carbons (Fsp3) is 0.391. The molecule has 3 aromatic rings. The lowest BCUT2D eigenvalue weighted by molar-refractivity contribution is -0.0442. The molecule has 4 rings (SSSR count). The second kappa shape index (κ2) is 7.65. The zero-order chi connectivity index (χ0) is 17.9. The summed E-state index contributed by atoms with van der Waals surface area (Å²) in [6.45, 7) is 3.69. The monoisotopic (exact) mass is 349 g/mol. The number of fused-ring (bicyclic) bond motifs is 1. The molecule has 1 saturated heterocycles. The van der Waals surface area contributed by atoms with Gasteiger partial charge in [-0.05, 0) is 30.0 Å². The Morgan fingerprint density at radius 1 is 1.08 bits per heavy atom. The van der Waals surface area contributed by atoms with Crippen molar-refractivity contribution in [1.82, 2.24) is 4.57 Å². The number of aliphatic hydroxyl groups is 1. The number of rotatable bonds is 5. The molecule has 2 aromatic carbocycles. The van der Waals surface area contributed by atoms with Crippen molar-refractivity contribution in [3.63, 3.8) is 0 Å². The molecule has 0 amide bonds. The number of ether oxygens (including phenoxy) is 1. The Bertz CT molecular complexity index is 866. The maximum absolute atomic E-state index is 10.0. The lowest BCUT2D eigenvalue weighted by atomic mass is 9.99. The Hall–Kier alpha value is -2.10. The van der Waals surface area contributed by atoms with E-state index < -0.39 is 0 Å². The lowest BCUT2D eigenvalue weighted by Crippen LogP contribution is -2.23. The van der Waals surface area contributed by atoms with Crippen molar-refractivity contribution in [2.45, 2.75) is 51.4 Å². The summed E-state index contributed by atoms with van der Waals surface area (Å²) in [7, 11) is 0. The molecule has 1 aliphatic heterocycles. The Kier molecular flexibility index (Phi) is 5.09. The van der Waals surface area contributed by atoms with Crippen LogP contribution in [-0.4, -0.2) is 22.4 Å². The molecule has 2 atom stereocenters. The highest BCUT2D eigenvalue weighted by molar-refractivity contribution is 5.84. The first-order valence-corrected chi connectivity index (χ1v) is 9.70. The predicted octanol–water partition coefficient (Wildman–Crippen LogP) is 4.85. The molecular formula is C23H27NO2. The molecule has 1 N–H and O–H groups in total. The predicted molar refractivity (Wildman–Crippen MR) is 105 cm³/mol. The molecule has 0 bridgehead atoms. The minimum atomic E-state index is -0.262.